The van der Waals surface area contributed by atoms with Crippen LogP contribution in [-0.4, -0.2) is 5.78 Å². The third-order valence-corrected chi connectivity index (χ3v) is 6.13. The summed E-state index contributed by atoms with van der Waals surface area (Å²) < 4.78 is 0. The van der Waals surface area contributed by atoms with E-state index < -0.39 is 0 Å². The van der Waals surface area contributed by atoms with Crippen LogP contribution in [0.2, 0.25) is 0 Å². The fourth-order valence-corrected chi connectivity index (χ4v) is 4.05. The molecule has 1 radical (unpaired) electrons. The summed E-state index contributed by atoms with van der Waals surface area (Å²) in [7, 11) is 0. The second kappa shape index (κ2) is 27.4. The van der Waals surface area contributed by atoms with Crippen LogP contribution < -0.4 is 0 Å². The minimum absolute atomic E-state index is 0. The van der Waals surface area contributed by atoms with E-state index in [2.05, 4.69) is 13.8 Å². The summed E-state index contributed by atoms with van der Waals surface area (Å²) in [6, 6.07) is 0. The second-order valence-electron chi connectivity index (χ2n) is 8.85. The molecule has 0 atom stereocenters. The van der Waals surface area contributed by atoms with Gasteiger partial charge in [0.25, 0.3) is 0 Å². The summed E-state index contributed by atoms with van der Waals surface area (Å²) in [6.45, 7) is 8.60. The number of carbonyl (C=O) groups is 1. The van der Waals surface area contributed by atoms with Crippen LogP contribution in [0.4, 0.5) is 0 Å². The van der Waals surface area contributed by atoms with E-state index in [0.717, 1.165) is 42.9 Å². The Morgan fingerprint density at radius 2 is 0.967 bits per heavy atom. The summed E-state index contributed by atoms with van der Waals surface area (Å²) in [4.78, 5) is 10.5. The predicted octanol–water partition coefficient (Wildman–Crippen LogP) is 9.25. The van der Waals surface area contributed by atoms with E-state index >= 15 is 0 Å². The molecule has 1 nitrogen and oxygen atoms in total. The molecule has 4 aliphatic rings. The van der Waals surface area contributed by atoms with Crippen molar-refractivity contribution in [1.29, 1.82) is 0 Å². The van der Waals surface area contributed by atoms with Crippen LogP contribution in [0.3, 0.4) is 0 Å². The minimum atomic E-state index is 0. The Hall–Kier alpha value is 2.15. The van der Waals surface area contributed by atoms with E-state index in [4.69, 9.17) is 0 Å². The fraction of sp³-hybridized carbons (Fsp3) is 0.885. The molecule has 179 valence electrons. The Morgan fingerprint density at radius 1 is 0.700 bits per heavy atom. The van der Waals surface area contributed by atoms with E-state index in [-0.39, 0.29) is 97.1 Å². The van der Waals surface area contributed by atoms with Gasteiger partial charge in [0, 0.05) is 66.6 Å². The van der Waals surface area contributed by atoms with Crippen molar-refractivity contribution in [3.8, 4) is 0 Å². The van der Waals surface area contributed by atoms with Gasteiger partial charge in [-0.3, -0.25) is 4.79 Å². The standard InChI is InChI=1S/C10H18.C6H10O.C5H10.C2H6.CH4.2CH3.2W.Y/c1-2-6-10-8-4-3-7-9(10)5-1;7-6-4-2-1-3-5-6;1-5(2)3-4-5;1-2;;;;;;/h9-10H,1-8H2;1-5H2;3-4H2,1-2H3;1-2H3;1H4;2*1H3;;;/q;;;;;2*-1;;+2;. The first kappa shape index (κ1) is 45.6. The molecular weight excluding hydrogens is 785 g/mol. The quantitative estimate of drug-likeness (QED) is 0.223. The Kier molecular flexibility index (Phi) is 41.7. The van der Waals surface area contributed by atoms with Gasteiger partial charge in [-0.25, -0.2) is 0 Å². The number of carbonyl (C=O) groups excluding carboxylic acids is 1. The molecule has 30 heavy (non-hydrogen) atoms. The van der Waals surface area contributed by atoms with Crippen LogP contribution in [0.5, 0.6) is 0 Å². The smallest absolute Gasteiger partial charge is 0.358 e. The van der Waals surface area contributed by atoms with Crippen molar-refractivity contribution in [1.82, 2.24) is 0 Å². The SMILES string of the molecule is C.C1CCC2CCCCC2C1.CC.CC1(C)CC1.O=C1CCCCC1.[CH3-].[CH3-].[W+2].[W].[Y]. The van der Waals surface area contributed by atoms with Gasteiger partial charge in [-0.05, 0) is 42.9 Å². The van der Waals surface area contributed by atoms with E-state index in [1.54, 1.807) is 25.7 Å². The monoisotopic (exact) mass is 839 g/mol. The van der Waals surface area contributed by atoms with Gasteiger partial charge in [0.2, 0.25) is 0 Å². The normalized spacial score (nSPS) is 24.1. The first-order valence-electron chi connectivity index (χ1n) is 11.1. The van der Waals surface area contributed by atoms with Gasteiger partial charge >= 0.3 is 21.1 Å². The molecule has 0 saturated heterocycles. The van der Waals surface area contributed by atoms with Crippen LogP contribution in [-0.2, 0) is 79.6 Å². The van der Waals surface area contributed by atoms with Crippen LogP contribution >= 0.6 is 0 Å². The maximum atomic E-state index is 10.5. The zero-order valence-corrected chi connectivity index (χ0v) is 29.3. The molecule has 0 bridgehead atoms. The number of fused-ring (bicyclic) bond motifs is 1. The number of Topliss-reactive ketones (excluding diaryl/α,β-unsaturated/α-hetero) is 1. The van der Waals surface area contributed by atoms with Crippen molar-refractivity contribution >= 4 is 5.78 Å². The molecule has 4 aliphatic carbocycles. The zero-order valence-electron chi connectivity index (χ0n) is 20.6. The third kappa shape index (κ3) is 23.3. The summed E-state index contributed by atoms with van der Waals surface area (Å²) in [5.74, 6) is 2.77. The van der Waals surface area contributed by atoms with Crippen molar-refractivity contribution in [3.05, 3.63) is 14.9 Å². The van der Waals surface area contributed by atoms with Gasteiger partial charge in [-0.1, -0.05) is 92.9 Å². The molecule has 0 unspecified atom stereocenters. The summed E-state index contributed by atoms with van der Waals surface area (Å²) in [5.41, 5.74) is 0.750. The van der Waals surface area contributed by atoms with Crippen molar-refractivity contribution in [2.45, 2.75) is 131 Å². The molecule has 4 saturated carbocycles. The van der Waals surface area contributed by atoms with Crippen LogP contribution in [0.1, 0.15) is 131 Å². The second-order valence-corrected chi connectivity index (χ2v) is 8.85. The first-order chi connectivity index (χ1) is 11.6. The predicted molar refractivity (Wildman–Crippen MR) is 126 cm³/mol. The molecule has 0 aromatic carbocycles. The van der Waals surface area contributed by atoms with E-state index in [1.165, 1.54) is 44.9 Å². The van der Waals surface area contributed by atoms with Gasteiger partial charge in [-0.2, -0.15) is 0 Å². The average Bonchev–Trinajstić information content (AvgIpc) is 3.33. The molecular formula is C26H54OW2Y. The van der Waals surface area contributed by atoms with Crippen molar-refractivity contribution in [2.24, 2.45) is 17.3 Å². The van der Waals surface area contributed by atoms with Gasteiger partial charge in [-0.15, -0.1) is 0 Å². The zero-order chi connectivity index (χ0) is 17.8. The minimum Gasteiger partial charge on any atom is -0.358 e. The van der Waals surface area contributed by atoms with E-state index in [9.17, 15) is 4.79 Å². The molecule has 4 fully saturated rings. The fourth-order valence-electron chi connectivity index (χ4n) is 4.05. The summed E-state index contributed by atoms with van der Waals surface area (Å²) in [5, 5.41) is 0. The Balaban J connectivity index is -0.0000000654. The summed E-state index contributed by atoms with van der Waals surface area (Å²) >= 11 is 0. The van der Waals surface area contributed by atoms with Gasteiger partial charge in [0.05, 0.1) is 0 Å². The van der Waals surface area contributed by atoms with Crippen molar-refractivity contribution in [3.63, 3.8) is 0 Å². The Bertz CT molecular complexity index is 308. The molecule has 0 aromatic rings. The molecule has 0 aromatic heterocycles. The molecule has 0 aliphatic heterocycles. The van der Waals surface area contributed by atoms with Crippen LogP contribution in [0.25, 0.3) is 0 Å². The molecule has 0 amide bonds. The number of hydrogen-bond donors (Lipinski definition) is 0. The number of ketones is 1. The average molecular weight is 839 g/mol. The van der Waals surface area contributed by atoms with E-state index in [0.29, 0.717) is 5.78 Å². The molecule has 4 rings (SSSR count). The van der Waals surface area contributed by atoms with Crippen LogP contribution in [0.15, 0.2) is 0 Å². The maximum absolute atomic E-state index is 10.5. The van der Waals surface area contributed by atoms with Crippen molar-refractivity contribution in [2.75, 3.05) is 0 Å². The van der Waals surface area contributed by atoms with Crippen LogP contribution in [0, 0.1) is 32.1 Å². The van der Waals surface area contributed by atoms with Gasteiger partial charge in [0.1, 0.15) is 5.78 Å². The Labute approximate surface area is 246 Å². The largest absolute Gasteiger partial charge is 2.00 e. The molecule has 4 heteroatoms. The third-order valence-electron chi connectivity index (χ3n) is 6.13. The molecule has 0 spiro atoms. The van der Waals surface area contributed by atoms with E-state index in [1.807, 2.05) is 13.8 Å². The first-order valence-corrected chi connectivity index (χ1v) is 11.1. The van der Waals surface area contributed by atoms with Gasteiger partial charge < -0.3 is 14.9 Å². The summed E-state index contributed by atoms with van der Waals surface area (Å²) in [6.07, 6.45) is 20.5. The number of rotatable bonds is 0. The van der Waals surface area contributed by atoms with Gasteiger partial charge in [0.15, 0.2) is 0 Å². The van der Waals surface area contributed by atoms with Crippen molar-refractivity contribution < 1.29 is 79.6 Å². The topological polar surface area (TPSA) is 17.1 Å². The Morgan fingerprint density at radius 3 is 1.13 bits per heavy atom. The molecule has 0 heterocycles. The maximum Gasteiger partial charge on any atom is 2.00 e. The number of hydrogen-bond acceptors (Lipinski definition) is 1. The molecule has 0 N–H and O–H groups in total.